The molecule has 0 saturated carbocycles. The summed E-state index contributed by atoms with van der Waals surface area (Å²) in [6.45, 7) is 2.85. The van der Waals surface area contributed by atoms with E-state index in [2.05, 4.69) is 47.4 Å². The summed E-state index contributed by atoms with van der Waals surface area (Å²) in [4.78, 5) is 20.3. The summed E-state index contributed by atoms with van der Waals surface area (Å²) in [6.07, 6.45) is 4.77. The van der Waals surface area contributed by atoms with E-state index < -0.39 is 0 Å². The summed E-state index contributed by atoms with van der Waals surface area (Å²) in [5.41, 5.74) is 4.41. The predicted molar refractivity (Wildman–Crippen MR) is 141 cm³/mol. The van der Waals surface area contributed by atoms with E-state index in [-0.39, 0.29) is 31.6 Å². The first kappa shape index (κ1) is 25.5. The maximum Gasteiger partial charge on any atom is 0.216 e. The number of aromatic nitrogens is 2. The minimum absolute atomic E-state index is 0. The van der Waals surface area contributed by atoms with Crippen molar-refractivity contribution in [1.82, 2.24) is 9.97 Å². The summed E-state index contributed by atoms with van der Waals surface area (Å²) in [5, 5.41) is 11.6. The van der Waals surface area contributed by atoms with Crippen molar-refractivity contribution in [1.29, 1.82) is 0 Å². The second kappa shape index (κ2) is 11.0. The molecule has 36 heavy (non-hydrogen) atoms. The molecular weight excluding hydrogens is 649 g/mol. The first-order valence-electron chi connectivity index (χ1n) is 11.0. The number of thiophene rings is 1. The van der Waals surface area contributed by atoms with Crippen LogP contribution in [0.25, 0.3) is 53.9 Å². The second-order valence-electron chi connectivity index (χ2n) is 8.00. The zero-order valence-corrected chi connectivity index (χ0v) is 22.7. The summed E-state index contributed by atoms with van der Waals surface area (Å²) < 4.78 is 7.24. The Hall–Kier alpha value is -3.64. The van der Waals surface area contributed by atoms with Crippen LogP contribution in [0, 0.1) is 6.07 Å². The third kappa shape index (κ3) is 5.14. The SMILES string of the molecule is CC(=O)/C=C(/C)O.[Ir].[c-]1ccc2c(oc3ncccc32)c1-c1nccc2cc(-c3ccccc3)sc12. The van der Waals surface area contributed by atoms with Gasteiger partial charge in [0.2, 0.25) is 5.71 Å². The number of nitrogens with zero attached hydrogens (tertiary/aromatic N) is 2. The van der Waals surface area contributed by atoms with E-state index in [1.807, 2.05) is 36.5 Å². The normalized spacial score (nSPS) is 11.2. The molecule has 4 aromatic heterocycles. The van der Waals surface area contributed by atoms with Gasteiger partial charge in [-0.15, -0.1) is 29.5 Å². The molecule has 6 rings (SSSR count). The summed E-state index contributed by atoms with van der Waals surface area (Å²) >= 11 is 1.75. The van der Waals surface area contributed by atoms with Gasteiger partial charge in [0.15, 0.2) is 5.78 Å². The third-order valence-corrected chi connectivity index (χ3v) is 6.56. The van der Waals surface area contributed by atoms with Gasteiger partial charge in [-0.2, -0.15) is 0 Å². The van der Waals surface area contributed by atoms with Crippen molar-refractivity contribution in [2.45, 2.75) is 13.8 Å². The van der Waals surface area contributed by atoms with Gasteiger partial charge in [0, 0.05) is 59.2 Å². The van der Waals surface area contributed by atoms with E-state index in [1.165, 1.54) is 35.8 Å². The number of aliphatic hydroxyl groups is 1. The number of benzene rings is 2. The van der Waals surface area contributed by atoms with Crippen LogP contribution in [0.2, 0.25) is 0 Å². The molecule has 1 N–H and O–H groups in total. The van der Waals surface area contributed by atoms with Gasteiger partial charge in [0.25, 0.3) is 0 Å². The van der Waals surface area contributed by atoms with Crippen LogP contribution in [0.1, 0.15) is 13.8 Å². The number of aliphatic hydroxyl groups excluding tert-OH is 1. The first-order valence-corrected chi connectivity index (χ1v) is 11.8. The molecule has 0 aliphatic heterocycles. The molecule has 0 aliphatic rings. The number of hydrogen-bond acceptors (Lipinski definition) is 6. The van der Waals surface area contributed by atoms with Gasteiger partial charge in [0.05, 0.1) is 11.3 Å². The minimum atomic E-state index is -0.125. The maximum atomic E-state index is 10.0. The van der Waals surface area contributed by atoms with E-state index in [4.69, 9.17) is 14.5 Å². The average molecular weight is 670 g/mol. The molecule has 5 nitrogen and oxygen atoms in total. The number of hydrogen-bond donors (Lipinski definition) is 1. The van der Waals surface area contributed by atoms with Gasteiger partial charge < -0.3 is 14.5 Å². The molecular formula is C29H21IrN2O3S-. The molecule has 1 radical (unpaired) electrons. The Balaban J connectivity index is 0.000000338. The monoisotopic (exact) mass is 670 g/mol. The molecule has 0 spiro atoms. The van der Waals surface area contributed by atoms with Crippen LogP contribution >= 0.6 is 11.3 Å². The maximum absolute atomic E-state index is 10.0. The summed E-state index contributed by atoms with van der Waals surface area (Å²) in [5.74, 6) is -0.0625. The molecule has 2 aromatic carbocycles. The second-order valence-corrected chi connectivity index (χ2v) is 9.06. The molecule has 181 valence electrons. The van der Waals surface area contributed by atoms with Crippen molar-refractivity contribution in [2.24, 2.45) is 0 Å². The fourth-order valence-electron chi connectivity index (χ4n) is 3.93. The number of ketones is 1. The van der Waals surface area contributed by atoms with Crippen LogP contribution in [0.5, 0.6) is 0 Å². The van der Waals surface area contributed by atoms with Gasteiger partial charge in [-0.3, -0.25) is 4.79 Å². The van der Waals surface area contributed by atoms with E-state index in [1.54, 1.807) is 17.5 Å². The summed E-state index contributed by atoms with van der Waals surface area (Å²) in [6, 6.07) is 26.0. The fraction of sp³-hybridized carbons (Fsp3) is 0.0690. The van der Waals surface area contributed by atoms with Gasteiger partial charge in [-0.05, 0) is 49.1 Å². The van der Waals surface area contributed by atoms with Crippen molar-refractivity contribution in [3.05, 3.63) is 97.0 Å². The number of rotatable bonds is 3. The molecule has 4 heterocycles. The van der Waals surface area contributed by atoms with Crippen molar-refractivity contribution >= 4 is 49.3 Å². The number of carbonyl (C=O) groups is 1. The fourth-order valence-corrected chi connectivity index (χ4v) is 5.09. The van der Waals surface area contributed by atoms with E-state index in [9.17, 15) is 4.79 Å². The van der Waals surface area contributed by atoms with Crippen molar-refractivity contribution < 1.29 is 34.4 Å². The van der Waals surface area contributed by atoms with Gasteiger partial charge in [0.1, 0.15) is 0 Å². The number of allylic oxidation sites excluding steroid dienone is 2. The van der Waals surface area contributed by atoms with Crippen LogP contribution < -0.4 is 0 Å². The van der Waals surface area contributed by atoms with E-state index >= 15 is 0 Å². The zero-order chi connectivity index (χ0) is 24.4. The number of furan rings is 1. The summed E-state index contributed by atoms with van der Waals surface area (Å²) in [7, 11) is 0. The predicted octanol–water partition coefficient (Wildman–Crippen LogP) is 7.76. The Morgan fingerprint density at radius 3 is 2.53 bits per heavy atom. The van der Waals surface area contributed by atoms with Crippen molar-refractivity contribution in [2.75, 3.05) is 0 Å². The molecule has 6 aromatic rings. The van der Waals surface area contributed by atoms with Crippen molar-refractivity contribution in [3.8, 4) is 21.7 Å². The Labute approximate surface area is 225 Å². The molecule has 0 fully saturated rings. The Bertz CT molecular complexity index is 1700. The molecule has 0 amide bonds. The van der Waals surface area contributed by atoms with Crippen LogP contribution in [0.4, 0.5) is 0 Å². The molecule has 0 saturated heterocycles. The molecule has 0 unspecified atom stereocenters. The molecule has 0 atom stereocenters. The van der Waals surface area contributed by atoms with Crippen LogP contribution in [0.3, 0.4) is 0 Å². The Morgan fingerprint density at radius 1 is 1.00 bits per heavy atom. The van der Waals surface area contributed by atoms with Gasteiger partial charge in [-0.25, -0.2) is 4.98 Å². The van der Waals surface area contributed by atoms with Crippen LogP contribution in [-0.4, -0.2) is 20.9 Å². The van der Waals surface area contributed by atoms with E-state index in [0.29, 0.717) is 5.71 Å². The van der Waals surface area contributed by atoms with E-state index in [0.717, 1.165) is 32.3 Å². The quantitative estimate of drug-likeness (QED) is 0.118. The largest absolute Gasteiger partial charge is 0.512 e. The number of carbonyl (C=O) groups excluding carboxylic acids is 1. The Kier molecular flexibility index (Phi) is 7.75. The molecule has 7 heteroatoms. The standard InChI is InChI=1S/C24H13N2OS.C5H8O2.Ir/c1-2-6-15(7-3-1)20-14-16-11-13-25-21(23(16)28-20)19-9-4-8-17-18-10-5-12-26-24(18)27-22(17)19;1-4(6)3-5(2)7;/h1-8,10-14H;3,6H,1-2H3;/q-1;;/b;4-3-;. The minimum Gasteiger partial charge on any atom is -0.512 e. The van der Waals surface area contributed by atoms with Gasteiger partial charge in [-0.1, -0.05) is 41.3 Å². The molecule has 0 aliphatic carbocycles. The third-order valence-electron chi connectivity index (χ3n) is 5.35. The Morgan fingerprint density at radius 2 is 1.81 bits per heavy atom. The topological polar surface area (TPSA) is 76.2 Å². The first-order chi connectivity index (χ1) is 17.0. The van der Waals surface area contributed by atoms with Crippen LogP contribution in [-0.2, 0) is 24.9 Å². The zero-order valence-electron chi connectivity index (χ0n) is 19.5. The van der Waals surface area contributed by atoms with Crippen LogP contribution in [0.15, 0.2) is 95.4 Å². The van der Waals surface area contributed by atoms with Crippen molar-refractivity contribution in [3.63, 3.8) is 0 Å². The van der Waals surface area contributed by atoms with Gasteiger partial charge >= 0.3 is 0 Å². The number of fused-ring (bicyclic) bond motifs is 4. The number of pyridine rings is 2. The molecule has 0 bridgehead atoms. The smallest absolute Gasteiger partial charge is 0.216 e. The average Bonchev–Trinajstić information content (AvgIpc) is 3.46.